The summed E-state index contributed by atoms with van der Waals surface area (Å²) in [7, 11) is 0. The predicted molar refractivity (Wildman–Crippen MR) is 57.2 cm³/mol. The van der Waals surface area contributed by atoms with Crippen molar-refractivity contribution in [2.75, 3.05) is 0 Å². The van der Waals surface area contributed by atoms with Crippen LogP contribution in [0.1, 0.15) is 41.3 Å². The van der Waals surface area contributed by atoms with Gasteiger partial charge in [0.05, 0.1) is 11.0 Å². The number of ether oxygens (including phenoxy) is 1. The van der Waals surface area contributed by atoms with Crippen LogP contribution in [0.25, 0.3) is 0 Å². The maximum Gasteiger partial charge on any atom is 0.346 e. The highest BCUT2D eigenvalue weighted by Crippen LogP contribution is 2.42. The fourth-order valence-corrected chi connectivity index (χ4v) is 2.84. The summed E-state index contributed by atoms with van der Waals surface area (Å²) in [6.07, 6.45) is 2.68. The van der Waals surface area contributed by atoms with Crippen molar-refractivity contribution in [1.29, 1.82) is 0 Å². The largest absolute Gasteiger partial charge is 0.389 e. The van der Waals surface area contributed by atoms with E-state index in [0.29, 0.717) is 5.56 Å². The van der Waals surface area contributed by atoms with Gasteiger partial charge in [0, 0.05) is 0 Å². The zero-order chi connectivity index (χ0) is 11.3. The molecule has 0 aromatic heterocycles. The Labute approximate surface area is 93.4 Å². The molecule has 0 radical (unpaired) electrons. The molecule has 3 heteroatoms. The molecule has 1 atom stereocenters. The molecule has 0 bridgehead atoms. The number of cyclic esters (lactones) is 2. The van der Waals surface area contributed by atoms with E-state index in [1.807, 2.05) is 19.1 Å². The molecule has 3 rings (SSSR count). The van der Waals surface area contributed by atoms with Crippen LogP contribution in [0.15, 0.2) is 18.2 Å². The summed E-state index contributed by atoms with van der Waals surface area (Å²) in [5.41, 5.74) is 1.98. The number of carbonyl (C=O) groups is 2. The summed E-state index contributed by atoms with van der Waals surface area (Å²) in [5.74, 6) is -0.890. The van der Waals surface area contributed by atoms with E-state index in [1.165, 1.54) is 0 Å². The zero-order valence-electron chi connectivity index (χ0n) is 9.08. The van der Waals surface area contributed by atoms with E-state index in [-0.39, 0.29) is 0 Å². The average molecular weight is 216 g/mol. The summed E-state index contributed by atoms with van der Waals surface area (Å²) in [6.45, 7) is 1.88. The molecule has 0 spiro atoms. The summed E-state index contributed by atoms with van der Waals surface area (Å²) in [4.78, 5) is 23.5. The molecule has 1 aliphatic carbocycles. The van der Waals surface area contributed by atoms with Crippen LogP contribution in [0, 0.1) is 0 Å². The Morgan fingerprint density at radius 2 is 2.12 bits per heavy atom. The van der Waals surface area contributed by atoms with E-state index in [1.54, 1.807) is 6.07 Å². The number of aryl methyl sites for hydroxylation is 1. The highest BCUT2D eigenvalue weighted by atomic mass is 16.6. The third-order valence-electron chi connectivity index (χ3n) is 3.68. The van der Waals surface area contributed by atoms with Gasteiger partial charge in [-0.05, 0) is 43.4 Å². The van der Waals surface area contributed by atoms with Crippen LogP contribution in [0.2, 0.25) is 0 Å². The van der Waals surface area contributed by atoms with Gasteiger partial charge in [-0.2, -0.15) is 0 Å². The fourth-order valence-electron chi connectivity index (χ4n) is 2.84. The Bertz CT molecular complexity index is 504. The lowest BCUT2D eigenvalue weighted by Gasteiger charge is -2.37. The lowest BCUT2D eigenvalue weighted by atomic mass is 9.68. The summed E-state index contributed by atoms with van der Waals surface area (Å²) < 4.78 is 4.83. The average Bonchev–Trinajstić information content (AvgIpc) is 2.27. The van der Waals surface area contributed by atoms with Gasteiger partial charge in [0.25, 0.3) is 0 Å². The van der Waals surface area contributed by atoms with Crippen molar-refractivity contribution < 1.29 is 14.3 Å². The van der Waals surface area contributed by atoms with Gasteiger partial charge < -0.3 is 4.74 Å². The van der Waals surface area contributed by atoms with Crippen molar-refractivity contribution in [2.24, 2.45) is 0 Å². The topological polar surface area (TPSA) is 43.4 Å². The Balaban J connectivity index is 2.35. The van der Waals surface area contributed by atoms with Crippen LogP contribution < -0.4 is 0 Å². The first-order chi connectivity index (χ1) is 7.63. The van der Waals surface area contributed by atoms with Crippen LogP contribution in [0.5, 0.6) is 0 Å². The van der Waals surface area contributed by atoms with Gasteiger partial charge in [-0.3, -0.25) is 4.79 Å². The predicted octanol–water partition coefficient (Wildman–Crippen LogP) is 1.98. The van der Waals surface area contributed by atoms with Crippen LogP contribution >= 0.6 is 0 Å². The molecule has 1 unspecified atom stereocenters. The van der Waals surface area contributed by atoms with Crippen molar-refractivity contribution >= 4 is 11.9 Å². The molecule has 3 nitrogen and oxygen atoms in total. The number of rotatable bonds is 0. The maximum atomic E-state index is 11.9. The molecular formula is C13H12O3. The summed E-state index contributed by atoms with van der Waals surface area (Å²) in [5, 5.41) is 0. The first-order valence-corrected chi connectivity index (χ1v) is 5.52. The number of hydrogen-bond acceptors (Lipinski definition) is 3. The smallest absolute Gasteiger partial charge is 0.346 e. The minimum Gasteiger partial charge on any atom is -0.389 e. The molecule has 82 valence electrons. The molecule has 16 heavy (non-hydrogen) atoms. The Morgan fingerprint density at radius 3 is 2.94 bits per heavy atom. The standard InChI is InChI=1S/C13H12O3/c1-13-7-3-5-8-4-2-6-9(10(8)13)11(14)16-12(13)15/h2,4,6H,3,5,7H2,1H3. The lowest BCUT2D eigenvalue weighted by Crippen LogP contribution is -2.44. The number of benzene rings is 1. The first kappa shape index (κ1) is 9.58. The highest BCUT2D eigenvalue weighted by molar-refractivity contribution is 6.06. The van der Waals surface area contributed by atoms with Crippen molar-refractivity contribution in [2.45, 2.75) is 31.6 Å². The fraction of sp³-hybridized carbons (Fsp3) is 0.385. The second kappa shape index (κ2) is 2.94. The highest BCUT2D eigenvalue weighted by Gasteiger charge is 2.47. The Morgan fingerprint density at radius 1 is 1.31 bits per heavy atom. The van der Waals surface area contributed by atoms with Crippen molar-refractivity contribution in [3.63, 3.8) is 0 Å². The van der Waals surface area contributed by atoms with Crippen molar-refractivity contribution in [3.05, 3.63) is 34.9 Å². The molecule has 0 saturated carbocycles. The SMILES string of the molecule is CC12CCCc3cccc(c31)C(=O)OC2=O. The third-order valence-corrected chi connectivity index (χ3v) is 3.68. The van der Waals surface area contributed by atoms with Crippen molar-refractivity contribution in [1.82, 2.24) is 0 Å². The number of esters is 2. The molecule has 1 aromatic carbocycles. The minimum absolute atomic E-state index is 0.392. The van der Waals surface area contributed by atoms with Gasteiger partial charge in [0.2, 0.25) is 0 Å². The molecule has 0 fully saturated rings. The first-order valence-electron chi connectivity index (χ1n) is 5.52. The van der Waals surface area contributed by atoms with Gasteiger partial charge in [-0.15, -0.1) is 0 Å². The van der Waals surface area contributed by atoms with Gasteiger partial charge in [-0.1, -0.05) is 12.1 Å². The van der Waals surface area contributed by atoms with Gasteiger partial charge in [0.15, 0.2) is 0 Å². The minimum atomic E-state index is -0.613. The van der Waals surface area contributed by atoms with Gasteiger partial charge in [-0.25, -0.2) is 4.79 Å². The van der Waals surface area contributed by atoms with Crippen molar-refractivity contribution in [3.8, 4) is 0 Å². The lowest BCUT2D eigenvalue weighted by molar-refractivity contribution is -0.145. The molecule has 1 aromatic rings. The number of hydrogen-bond donors (Lipinski definition) is 0. The molecule has 0 N–H and O–H groups in total. The van der Waals surface area contributed by atoms with E-state index in [4.69, 9.17) is 4.74 Å². The van der Waals surface area contributed by atoms with Crippen LogP contribution in [-0.2, 0) is 21.4 Å². The van der Waals surface area contributed by atoms with Crippen LogP contribution in [0.3, 0.4) is 0 Å². The normalized spacial score (nSPS) is 27.3. The van der Waals surface area contributed by atoms with Gasteiger partial charge in [0.1, 0.15) is 0 Å². The molecule has 0 saturated heterocycles. The monoisotopic (exact) mass is 216 g/mol. The van der Waals surface area contributed by atoms with E-state index < -0.39 is 17.4 Å². The quantitative estimate of drug-likeness (QED) is 0.492. The molecule has 0 amide bonds. The summed E-state index contributed by atoms with van der Waals surface area (Å²) >= 11 is 0. The maximum absolute atomic E-state index is 11.9. The van der Waals surface area contributed by atoms with Crippen LogP contribution in [0.4, 0.5) is 0 Å². The van der Waals surface area contributed by atoms with E-state index in [9.17, 15) is 9.59 Å². The Hall–Kier alpha value is -1.64. The van der Waals surface area contributed by atoms with E-state index in [0.717, 1.165) is 30.4 Å². The molecule has 1 aliphatic heterocycles. The second-order valence-electron chi connectivity index (χ2n) is 4.70. The van der Waals surface area contributed by atoms with E-state index in [2.05, 4.69) is 0 Å². The number of carbonyl (C=O) groups excluding carboxylic acids is 2. The second-order valence-corrected chi connectivity index (χ2v) is 4.70. The molecule has 2 aliphatic rings. The Kier molecular flexibility index (Phi) is 1.76. The van der Waals surface area contributed by atoms with Gasteiger partial charge >= 0.3 is 11.9 Å². The third kappa shape index (κ3) is 1.03. The summed E-state index contributed by atoms with van der Waals surface area (Å²) in [6, 6.07) is 5.61. The van der Waals surface area contributed by atoms with Crippen LogP contribution in [-0.4, -0.2) is 11.9 Å². The van der Waals surface area contributed by atoms with E-state index >= 15 is 0 Å². The molecular weight excluding hydrogens is 204 g/mol. The molecule has 1 heterocycles. The zero-order valence-corrected chi connectivity index (χ0v) is 9.08.